The van der Waals surface area contributed by atoms with Crippen LogP contribution < -0.4 is 0 Å². The van der Waals surface area contributed by atoms with Crippen molar-refractivity contribution < 1.29 is 6.17 Å². The molecule has 2 aromatic rings. The van der Waals surface area contributed by atoms with Crippen LogP contribution in [0, 0.1) is 0 Å². The molecule has 0 atom stereocenters. The Morgan fingerprint density at radius 2 is 1.92 bits per heavy atom. The van der Waals surface area contributed by atoms with E-state index in [1.54, 1.807) is 6.07 Å². The number of hydrogen-bond donors (Lipinski definition) is 0. The van der Waals surface area contributed by atoms with Crippen LogP contribution in [0.4, 0.5) is 0 Å². The first kappa shape index (κ1) is 6.84. The lowest BCUT2D eigenvalue weighted by Crippen LogP contribution is -1.90. The second kappa shape index (κ2) is 3.02. The Bertz CT molecular complexity index is 476. The summed E-state index contributed by atoms with van der Waals surface area (Å²) in [5.41, 5.74) is 0.624. The summed E-state index contributed by atoms with van der Waals surface area (Å²) in [6.45, 7) is -0.182. The number of Topliss-reactive ketones (excluding diaryl/α,β-unsaturated/α-hetero) is 1. The molecule has 64 valence electrons. The van der Waals surface area contributed by atoms with Crippen LogP contribution in [0.2, 0.25) is 0 Å². The van der Waals surface area contributed by atoms with Gasteiger partial charge in [-0.15, -0.1) is 0 Å². The third-order valence-electron chi connectivity index (χ3n) is 2.07. The first-order valence-corrected chi connectivity index (χ1v) is 4.12. The minimum Gasteiger partial charge on any atom is -0.295 e. The van der Waals surface area contributed by atoms with Crippen LogP contribution >= 0.6 is 0 Å². The molecule has 0 unspecified atom stereocenters. The molecular weight excluding hydrogens is 160 g/mol. The third kappa shape index (κ3) is 1.45. The van der Waals surface area contributed by atoms with E-state index in [1.165, 1.54) is 0 Å². The van der Waals surface area contributed by atoms with E-state index in [0.717, 1.165) is 10.8 Å². The van der Waals surface area contributed by atoms with E-state index in [4.69, 9.17) is 1.37 Å². The molecule has 0 amide bonds. The van der Waals surface area contributed by atoms with Gasteiger partial charge < -0.3 is 0 Å². The van der Waals surface area contributed by atoms with Crippen LogP contribution in [0.15, 0.2) is 42.5 Å². The molecule has 0 spiro atoms. The Morgan fingerprint density at radius 3 is 2.69 bits per heavy atom. The van der Waals surface area contributed by atoms with Crippen molar-refractivity contribution in [1.29, 1.82) is 0 Å². The number of hydrogen-bond acceptors (Lipinski definition) is 1. The maximum atomic E-state index is 11.3. The van der Waals surface area contributed by atoms with Crippen molar-refractivity contribution >= 4 is 16.6 Å². The van der Waals surface area contributed by atoms with Gasteiger partial charge >= 0.3 is 0 Å². The Kier molecular flexibility index (Phi) is 1.59. The van der Waals surface area contributed by atoms with Gasteiger partial charge in [0.1, 0.15) is 0 Å². The maximum Gasteiger partial charge on any atom is 0.159 e. The van der Waals surface area contributed by atoms with E-state index in [2.05, 4.69) is 0 Å². The van der Waals surface area contributed by atoms with Crippen molar-refractivity contribution in [3.05, 3.63) is 48.0 Å². The predicted molar refractivity (Wildman–Crippen MR) is 54.0 cm³/mol. The molecular formula is C12H10O. The van der Waals surface area contributed by atoms with E-state index in [0.29, 0.717) is 5.56 Å². The van der Waals surface area contributed by atoms with Crippen molar-refractivity contribution in [3.8, 4) is 0 Å². The highest BCUT2D eigenvalue weighted by Crippen LogP contribution is 2.15. The summed E-state index contributed by atoms with van der Waals surface area (Å²) >= 11 is 0. The smallest absolute Gasteiger partial charge is 0.159 e. The summed E-state index contributed by atoms with van der Waals surface area (Å²) in [6, 6.07) is 13.4. The SMILES string of the molecule is [2H]CC(=O)c1ccc2ccccc2c1. The van der Waals surface area contributed by atoms with E-state index in [1.807, 2.05) is 36.4 Å². The van der Waals surface area contributed by atoms with Gasteiger partial charge in [-0.3, -0.25) is 4.79 Å². The molecule has 2 rings (SSSR count). The van der Waals surface area contributed by atoms with E-state index < -0.39 is 0 Å². The summed E-state index contributed by atoms with van der Waals surface area (Å²) in [5, 5.41) is 2.17. The molecule has 1 heteroatoms. The van der Waals surface area contributed by atoms with Gasteiger partial charge in [-0.05, 0) is 23.7 Å². The molecule has 0 aromatic heterocycles. The normalized spacial score (nSPS) is 11.2. The van der Waals surface area contributed by atoms with Gasteiger partial charge in [0.2, 0.25) is 0 Å². The summed E-state index contributed by atoms with van der Waals surface area (Å²) in [7, 11) is 0. The van der Waals surface area contributed by atoms with Crippen LogP contribution in [0.1, 0.15) is 18.6 Å². The Balaban J connectivity index is 2.56. The second-order valence-corrected chi connectivity index (χ2v) is 2.99. The molecule has 0 bridgehead atoms. The zero-order valence-corrected chi connectivity index (χ0v) is 7.16. The lowest BCUT2D eigenvalue weighted by atomic mass is 10.1. The molecule has 0 aliphatic carbocycles. The Morgan fingerprint density at radius 1 is 1.15 bits per heavy atom. The van der Waals surface area contributed by atoms with Crippen molar-refractivity contribution in [2.45, 2.75) is 6.90 Å². The number of ketones is 1. The van der Waals surface area contributed by atoms with E-state index >= 15 is 0 Å². The highest BCUT2D eigenvalue weighted by Gasteiger charge is 1.99. The van der Waals surface area contributed by atoms with Crippen LogP contribution in [0.5, 0.6) is 0 Å². The number of fused-ring (bicyclic) bond motifs is 1. The summed E-state index contributed by atoms with van der Waals surface area (Å²) in [5.74, 6) is -0.129. The Hall–Kier alpha value is -1.63. The summed E-state index contributed by atoms with van der Waals surface area (Å²) in [6.07, 6.45) is 0. The first-order chi connectivity index (χ1) is 6.81. The second-order valence-electron chi connectivity index (χ2n) is 2.99. The van der Waals surface area contributed by atoms with E-state index in [-0.39, 0.29) is 12.7 Å². The van der Waals surface area contributed by atoms with Crippen molar-refractivity contribution in [2.24, 2.45) is 0 Å². The molecule has 0 N–H and O–H groups in total. The molecule has 0 radical (unpaired) electrons. The minimum atomic E-state index is -0.182. The van der Waals surface area contributed by atoms with Crippen molar-refractivity contribution in [1.82, 2.24) is 0 Å². The molecule has 0 aliphatic rings. The Labute approximate surface area is 78.4 Å². The quantitative estimate of drug-likeness (QED) is 0.603. The number of benzene rings is 2. The van der Waals surface area contributed by atoms with Crippen LogP contribution in [0.25, 0.3) is 10.8 Å². The lowest BCUT2D eigenvalue weighted by molar-refractivity contribution is 0.101. The number of carbonyl (C=O) groups is 1. The van der Waals surface area contributed by atoms with Gasteiger partial charge in [-0.2, -0.15) is 0 Å². The largest absolute Gasteiger partial charge is 0.295 e. The topological polar surface area (TPSA) is 17.1 Å². The third-order valence-corrected chi connectivity index (χ3v) is 2.07. The van der Waals surface area contributed by atoms with Gasteiger partial charge in [0.05, 0.1) is 0 Å². The lowest BCUT2D eigenvalue weighted by Gasteiger charge is -1.99. The average molecular weight is 171 g/mol. The van der Waals surface area contributed by atoms with Gasteiger partial charge in [0, 0.05) is 6.93 Å². The molecule has 1 nitrogen and oxygen atoms in total. The van der Waals surface area contributed by atoms with Gasteiger partial charge in [-0.25, -0.2) is 0 Å². The fraction of sp³-hybridized carbons (Fsp3) is 0.0833. The summed E-state index contributed by atoms with van der Waals surface area (Å²) in [4.78, 5) is 11.3. The fourth-order valence-electron chi connectivity index (χ4n) is 1.36. The van der Waals surface area contributed by atoms with Crippen LogP contribution in [-0.2, 0) is 0 Å². The number of rotatable bonds is 1. The first-order valence-electron chi connectivity index (χ1n) is 4.83. The van der Waals surface area contributed by atoms with Gasteiger partial charge in [0.25, 0.3) is 0 Å². The standard InChI is InChI=1S/C12H10O/c1-9(13)11-7-6-10-4-2-3-5-12(10)8-11/h2-8H,1H3/i1D. The fourth-order valence-corrected chi connectivity index (χ4v) is 1.36. The molecule has 2 aromatic carbocycles. The molecule has 0 saturated carbocycles. The maximum absolute atomic E-state index is 11.3. The molecule has 0 aliphatic heterocycles. The molecule has 0 heterocycles. The highest BCUT2D eigenvalue weighted by atomic mass is 16.1. The summed E-state index contributed by atoms with van der Waals surface area (Å²) < 4.78 is 7.00. The van der Waals surface area contributed by atoms with Gasteiger partial charge in [0.15, 0.2) is 5.78 Å². The zero-order valence-electron chi connectivity index (χ0n) is 8.16. The van der Waals surface area contributed by atoms with E-state index in [9.17, 15) is 4.79 Å². The van der Waals surface area contributed by atoms with Crippen LogP contribution in [-0.4, -0.2) is 5.78 Å². The van der Waals surface area contributed by atoms with Crippen LogP contribution in [0.3, 0.4) is 0 Å². The molecule has 0 fully saturated rings. The van der Waals surface area contributed by atoms with Crippen molar-refractivity contribution in [3.63, 3.8) is 0 Å². The van der Waals surface area contributed by atoms with Crippen molar-refractivity contribution in [2.75, 3.05) is 0 Å². The monoisotopic (exact) mass is 171 g/mol. The highest BCUT2D eigenvalue weighted by molar-refractivity contribution is 5.98. The average Bonchev–Trinajstić information content (AvgIpc) is 2.27. The van der Waals surface area contributed by atoms with Gasteiger partial charge in [-0.1, -0.05) is 36.4 Å². The molecule has 0 saturated heterocycles. The zero-order chi connectivity index (χ0) is 9.97. The number of carbonyl (C=O) groups excluding carboxylic acids is 1. The predicted octanol–water partition coefficient (Wildman–Crippen LogP) is 3.04. The minimum absolute atomic E-state index is 0.129. The molecule has 13 heavy (non-hydrogen) atoms.